The van der Waals surface area contributed by atoms with E-state index in [-0.39, 0.29) is 24.4 Å². The number of amides is 1. The van der Waals surface area contributed by atoms with Gasteiger partial charge in [0, 0.05) is 41.7 Å². The van der Waals surface area contributed by atoms with Gasteiger partial charge in [-0.2, -0.15) is 13.2 Å². The van der Waals surface area contributed by atoms with Crippen molar-refractivity contribution in [3.8, 4) is 5.69 Å². The number of benzene rings is 2. The Morgan fingerprint density at radius 2 is 1.76 bits per heavy atom. The second-order valence-electron chi connectivity index (χ2n) is 9.54. The maximum absolute atomic E-state index is 13.2. The lowest BCUT2D eigenvalue weighted by Gasteiger charge is -2.59. The number of alkyl halides is 3. The van der Waals surface area contributed by atoms with Crippen LogP contribution in [0.15, 0.2) is 48.5 Å². The third-order valence-corrected chi connectivity index (χ3v) is 7.39. The van der Waals surface area contributed by atoms with Crippen LogP contribution in [0, 0.1) is 5.41 Å². The summed E-state index contributed by atoms with van der Waals surface area (Å²) in [5.74, 6) is -0.667. The normalized spacial score (nSPS) is 19.2. The Morgan fingerprint density at radius 1 is 1.03 bits per heavy atom. The number of para-hydroxylation sites is 1. The molecule has 2 aromatic carbocycles. The second-order valence-corrected chi connectivity index (χ2v) is 9.98. The highest BCUT2D eigenvalue weighted by Crippen LogP contribution is 2.56. The molecular weight excluding hydrogens is 467 g/mol. The SMILES string of the molecule is O=C(N1Cc2cc(Cl)ccc2-n2c(nnc2C2CC3(C2)CN(c2ccccc2)C3)C1)C(F)(F)F. The quantitative estimate of drug-likeness (QED) is 0.525. The third-order valence-electron chi connectivity index (χ3n) is 7.16. The van der Waals surface area contributed by atoms with E-state index >= 15 is 0 Å². The standard InChI is InChI=1S/C24H21ClF3N5O/c25-17-6-7-19-15(8-17)11-31(22(34)24(26,27)28)12-20-29-30-21(33(19)20)16-9-23(10-16)13-32(14-23)18-4-2-1-3-5-18/h1-8,16H,9-14H2. The summed E-state index contributed by atoms with van der Waals surface area (Å²) >= 11 is 6.15. The molecule has 2 aliphatic heterocycles. The Labute approximate surface area is 198 Å². The van der Waals surface area contributed by atoms with Gasteiger partial charge in [0.05, 0.1) is 12.2 Å². The first kappa shape index (κ1) is 21.5. The van der Waals surface area contributed by atoms with E-state index in [2.05, 4.69) is 27.2 Å². The van der Waals surface area contributed by atoms with Crippen LogP contribution in [0.5, 0.6) is 0 Å². The molecule has 0 atom stereocenters. The van der Waals surface area contributed by atoms with Crippen molar-refractivity contribution in [1.29, 1.82) is 0 Å². The number of aromatic nitrogens is 3. The zero-order valence-corrected chi connectivity index (χ0v) is 18.9. The van der Waals surface area contributed by atoms with E-state index < -0.39 is 12.1 Å². The maximum atomic E-state index is 13.2. The van der Waals surface area contributed by atoms with E-state index in [4.69, 9.17) is 11.6 Å². The first-order chi connectivity index (χ1) is 16.2. The highest BCUT2D eigenvalue weighted by Gasteiger charge is 2.54. The van der Waals surface area contributed by atoms with E-state index in [1.165, 1.54) is 5.69 Å². The predicted octanol–water partition coefficient (Wildman–Crippen LogP) is 4.71. The molecule has 0 radical (unpaired) electrons. The Bertz CT molecular complexity index is 1260. The van der Waals surface area contributed by atoms with Gasteiger partial charge in [0.25, 0.3) is 0 Å². The summed E-state index contributed by atoms with van der Waals surface area (Å²) in [4.78, 5) is 15.2. The minimum absolute atomic E-state index is 0.160. The molecule has 1 spiro atoms. The average Bonchev–Trinajstić information content (AvgIpc) is 3.06. The Morgan fingerprint density at radius 3 is 2.47 bits per heavy atom. The van der Waals surface area contributed by atoms with Gasteiger partial charge in [-0.05, 0) is 48.7 Å². The number of fused-ring (bicyclic) bond motifs is 3. The van der Waals surface area contributed by atoms with Gasteiger partial charge in [0.2, 0.25) is 0 Å². The molecule has 10 heteroatoms. The van der Waals surface area contributed by atoms with Gasteiger partial charge < -0.3 is 9.80 Å². The number of hydrogen-bond acceptors (Lipinski definition) is 4. The van der Waals surface area contributed by atoms with E-state index in [0.717, 1.165) is 36.7 Å². The number of rotatable bonds is 2. The fourth-order valence-electron chi connectivity index (χ4n) is 5.62. The van der Waals surface area contributed by atoms with Crippen LogP contribution in [-0.4, -0.2) is 44.8 Å². The summed E-state index contributed by atoms with van der Waals surface area (Å²) in [7, 11) is 0. The van der Waals surface area contributed by atoms with Gasteiger partial charge in [-0.15, -0.1) is 10.2 Å². The summed E-state index contributed by atoms with van der Waals surface area (Å²) in [5, 5.41) is 9.00. The van der Waals surface area contributed by atoms with Crippen molar-refractivity contribution in [2.45, 2.75) is 38.0 Å². The largest absolute Gasteiger partial charge is 0.471 e. The lowest BCUT2D eigenvalue weighted by Crippen LogP contribution is -2.62. The van der Waals surface area contributed by atoms with Gasteiger partial charge in [-0.25, -0.2) is 0 Å². The lowest BCUT2D eigenvalue weighted by atomic mass is 9.57. The number of hydrogen-bond donors (Lipinski definition) is 0. The van der Waals surface area contributed by atoms with Gasteiger partial charge in [-0.1, -0.05) is 29.8 Å². The van der Waals surface area contributed by atoms with Crippen molar-refractivity contribution >= 4 is 23.2 Å². The predicted molar refractivity (Wildman–Crippen MR) is 120 cm³/mol. The number of carbonyl (C=O) groups excluding carboxylic acids is 1. The minimum Gasteiger partial charge on any atom is -0.370 e. The Balaban J connectivity index is 1.27. The van der Waals surface area contributed by atoms with Crippen LogP contribution < -0.4 is 4.90 Å². The van der Waals surface area contributed by atoms with Crippen LogP contribution in [0.3, 0.4) is 0 Å². The summed E-state index contributed by atoms with van der Waals surface area (Å²) in [6.45, 7) is 1.50. The lowest BCUT2D eigenvalue weighted by molar-refractivity contribution is -0.186. The number of halogens is 4. The molecule has 0 N–H and O–H groups in total. The van der Waals surface area contributed by atoms with E-state index in [1.807, 2.05) is 22.8 Å². The topological polar surface area (TPSA) is 54.3 Å². The van der Waals surface area contributed by atoms with Gasteiger partial charge >= 0.3 is 12.1 Å². The van der Waals surface area contributed by atoms with E-state index in [1.54, 1.807) is 18.2 Å². The van der Waals surface area contributed by atoms with Crippen LogP contribution in [0.4, 0.5) is 18.9 Å². The molecule has 6 nitrogen and oxygen atoms in total. The minimum atomic E-state index is -4.97. The highest BCUT2D eigenvalue weighted by atomic mass is 35.5. The van der Waals surface area contributed by atoms with Crippen LogP contribution >= 0.6 is 11.6 Å². The van der Waals surface area contributed by atoms with Crippen molar-refractivity contribution in [3.63, 3.8) is 0 Å². The monoisotopic (exact) mass is 487 g/mol. The maximum Gasteiger partial charge on any atom is 0.471 e. The van der Waals surface area contributed by atoms with Crippen molar-refractivity contribution in [3.05, 3.63) is 70.8 Å². The number of carbonyl (C=O) groups is 1. The van der Waals surface area contributed by atoms with Crippen molar-refractivity contribution in [1.82, 2.24) is 19.7 Å². The number of anilines is 1. The first-order valence-electron chi connectivity index (χ1n) is 11.1. The van der Waals surface area contributed by atoms with Crippen molar-refractivity contribution < 1.29 is 18.0 Å². The molecule has 1 aromatic heterocycles. The summed E-state index contributed by atoms with van der Waals surface area (Å²) in [6.07, 6.45) is -3.07. The number of nitrogens with zero attached hydrogens (tertiary/aromatic N) is 5. The fourth-order valence-corrected chi connectivity index (χ4v) is 5.82. The van der Waals surface area contributed by atoms with Crippen LogP contribution in [0.25, 0.3) is 5.69 Å². The molecule has 1 aliphatic carbocycles. The summed E-state index contributed by atoms with van der Waals surface area (Å²) < 4.78 is 41.5. The smallest absolute Gasteiger partial charge is 0.370 e. The molecular formula is C24H21ClF3N5O. The zero-order chi connectivity index (χ0) is 23.7. The molecule has 176 valence electrons. The molecule has 6 rings (SSSR count). The van der Waals surface area contributed by atoms with E-state index in [9.17, 15) is 18.0 Å². The van der Waals surface area contributed by atoms with Crippen LogP contribution in [-0.2, 0) is 17.9 Å². The molecule has 1 saturated carbocycles. The molecule has 2 fully saturated rings. The third kappa shape index (κ3) is 3.45. The molecule has 0 unspecified atom stereocenters. The van der Waals surface area contributed by atoms with Crippen LogP contribution in [0.2, 0.25) is 5.02 Å². The van der Waals surface area contributed by atoms with Gasteiger partial charge in [-0.3, -0.25) is 9.36 Å². The van der Waals surface area contributed by atoms with Crippen molar-refractivity contribution in [2.24, 2.45) is 5.41 Å². The molecule has 3 aromatic rings. The van der Waals surface area contributed by atoms with Gasteiger partial charge in [0.15, 0.2) is 5.82 Å². The average molecular weight is 488 g/mol. The van der Waals surface area contributed by atoms with E-state index in [0.29, 0.717) is 22.1 Å². The fraction of sp³-hybridized carbons (Fsp3) is 0.375. The Kier molecular flexibility index (Phi) is 4.71. The van der Waals surface area contributed by atoms with Gasteiger partial charge in [0.1, 0.15) is 5.82 Å². The summed E-state index contributed by atoms with van der Waals surface area (Å²) in [6, 6.07) is 15.4. The molecule has 1 amide bonds. The molecule has 1 saturated heterocycles. The first-order valence-corrected chi connectivity index (χ1v) is 11.5. The molecule has 3 heterocycles. The Hall–Kier alpha value is -3.07. The second kappa shape index (κ2) is 7.46. The summed E-state index contributed by atoms with van der Waals surface area (Å²) in [5.41, 5.74) is 2.67. The highest BCUT2D eigenvalue weighted by molar-refractivity contribution is 6.30. The molecule has 0 bridgehead atoms. The zero-order valence-electron chi connectivity index (χ0n) is 18.1. The van der Waals surface area contributed by atoms with Crippen LogP contribution in [0.1, 0.15) is 36.0 Å². The molecule has 34 heavy (non-hydrogen) atoms. The van der Waals surface area contributed by atoms with Crippen molar-refractivity contribution in [2.75, 3.05) is 18.0 Å². The molecule has 3 aliphatic rings.